The molecule has 0 spiro atoms. The Morgan fingerprint density at radius 2 is 1.82 bits per heavy atom. The molecule has 33 heavy (non-hydrogen) atoms. The van der Waals surface area contributed by atoms with E-state index in [2.05, 4.69) is 58.7 Å². The molecule has 0 bridgehead atoms. The van der Waals surface area contributed by atoms with Crippen LogP contribution in [0.1, 0.15) is 38.2 Å². The fraction of sp³-hybridized carbons (Fsp3) is 0.333. The molecular formula is C27H30N4OS. The van der Waals surface area contributed by atoms with Crippen LogP contribution in [0, 0.1) is 0 Å². The molecule has 0 saturated carbocycles. The number of hydrogen-bond acceptors (Lipinski definition) is 6. The summed E-state index contributed by atoms with van der Waals surface area (Å²) < 4.78 is 7.01. The lowest BCUT2D eigenvalue weighted by Gasteiger charge is -2.15. The van der Waals surface area contributed by atoms with Gasteiger partial charge in [-0.2, -0.15) is 0 Å². The van der Waals surface area contributed by atoms with Gasteiger partial charge in [0.15, 0.2) is 0 Å². The summed E-state index contributed by atoms with van der Waals surface area (Å²) in [5.41, 5.74) is 5.70. The average molecular weight is 459 g/mol. The Hall–Kier alpha value is -2.96. The van der Waals surface area contributed by atoms with E-state index < -0.39 is 0 Å². The van der Waals surface area contributed by atoms with Gasteiger partial charge in [-0.15, -0.1) is 11.3 Å². The van der Waals surface area contributed by atoms with Gasteiger partial charge in [-0.1, -0.05) is 38.1 Å². The molecule has 5 nitrogen and oxygen atoms in total. The monoisotopic (exact) mass is 458 g/mol. The number of rotatable bonds is 8. The topological polar surface area (TPSA) is 50.3 Å². The highest BCUT2D eigenvalue weighted by molar-refractivity contribution is 7.17. The number of likely N-dealkylation sites (tertiary alicyclic amines) is 1. The number of fused-ring (bicyclic) bond motifs is 1. The Morgan fingerprint density at radius 1 is 1.03 bits per heavy atom. The molecule has 1 aliphatic rings. The normalized spacial score (nSPS) is 14.3. The van der Waals surface area contributed by atoms with Crippen LogP contribution in [-0.2, 0) is 0 Å². The first-order valence-corrected chi connectivity index (χ1v) is 12.6. The van der Waals surface area contributed by atoms with E-state index in [9.17, 15) is 0 Å². The molecule has 0 atom stereocenters. The van der Waals surface area contributed by atoms with Crippen molar-refractivity contribution in [3.05, 3.63) is 65.7 Å². The minimum Gasteiger partial charge on any atom is -0.492 e. The second-order valence-corrected chi connectivity index (χ2v) is 9.76. The molecule has 1 fully saturated rings. The Labute approximate surface area is 199 Å². The van der Waals surface area contributed by atoms with Gasteiger partial charge in [-0.25, -0.2) is 9.97 Å². The fourth-order valence-electron chi connectivity index (χ4n) is 4.39. The van der Waals surface area contributed by atoms with Gasteiger partial charge in [0.05, 0.1) is 16.4 Å². The van der Waals surface area contributed by atoms with E-state index in [1.54, 1.807) is 11.3 Å². The van der Waals surface area contributed by atoms with Gasteiger partial charge in [0.1, 0.15) is 12.4 Å². The zero-order chi connectivity index (χ0) is 22.6. The lowest BCUT2D eigenvalue weighted by atomic mass is 9.93. The Bertz CT molecular complexity index is 1210. The predicted molar refractivity (Wildman–Crippen MR) is 138 cm³/mol. The summed E-state index contributed by atoms with van der Waals surface area (Å²) in [6.07, 6.45) is 4.53. The van der Waals surface area contributed by atoms with Gasteiger partial charge < -0.3 is 10.1 Å². The first kappa shape index (κ1) is 21.9. The number of ether oxygens (including phenoxy) is 1. The highest BCUT2D eigenvalue weighted by Gasteiger charge is 2.15. The minimum absolute atomic E-state index is 0.451. The number of benzene rings is 2. The van der Waals surface area contributed by atoms with Crippen molar-refractivity contribution >= 4 is 33.2 Å². The third kappa shape index (κ3) is 5.02. The Morgan fingerprint density at radius 3 is 2.61 bits per heavy atom. The van der Waals surface area contributed by atoms with Crippen LogP contribution in [0.5, 0.6) is 5.75 Å². The van der Waals surface area contributed by atoms with Crippen LogP contribution in [-0.4, -0.2) is 41.1 Å². The summed E-state index contributed by atoms with van der Waals surface area (Å²) in [7, 11) is 0. The quantitative estimate of drug-likeness (QED) is 0.318. The number of nitrogens with zero attached hydrogens (tertiary/aromatic N) is 3. The number of nitrogens with one attached hydrogen (secondary N) is 1. The highest BCUT2D eigenvalue weighted by Crippen LogP contribution is 2.37. The standard InChI is InChI=1S/C27H30N4OS/c1-19(2)22-7-3-4-8-23(22)24-18-33-25-17-28-27(30-26(24)25)29-20-9-11-21(12-10-20)32-16-15-31-13-5-6-14-31/h3-4,7-12,17-19H,5-6,13-16H2,1-2H3,(H,28,29,30). The van der Waals surface area contributed by atoms with Crippen molar-refractivity contribution in [1.82, 2.24) is 14.9 Å². The maximum absolute atomic E-state index is 5.92. The van der Waals surface area contributed by atoms with Gasteiger partial charge >= 0.3 is 0 Å². The summed E-state index contributed by atoms with van der Waals surface area (Å²) in [4.78, 5) is 11.9. The molecule has 1 aliphatic heterocycles. The van der Waals surface area contributed by atoms with Crippen molar-refractivity contribution in [2.75, 3.05) is 31.6 Å². The zero-order valence-corrected chi connectivity index (χ0v) is 20.1. The minimum atomic E-state index is 0.451. The molecule has 1 N–H and O–H groups in total. The van der Waals surface area contributed by atoms with Crippen LogP contribution in [0.25, 0.3) is 21.3 Å². The van der Waals surface area contributed by atoms with E-state index in [1.807, 2.05) is 30.5 Å². The van der Waals surface area contributed by atoms with E-state index in [-0.39, 0.29) is 0 Å². The van der Waals surface area contributed by atoms with E-state index in [1.165, 1.54) is 42.6 Å². The first-order valence-electron chi connectivity index (χ1n) is 11.7. The number of aromatic nitrogens is 2. The van der Waals surface area contributed by atoms with E-state index in [4.69, 9.17) is 9.72 Å². The summed E-state index contributed by atoms with van der Waals surface area (Å²) in [5, 5.41) is 5.54. The van der Waals surface area contributed by atoms with Crippen LogP contribution in [0.2, 0.25) is 0 Å². The van der Waals surface area contributed by atoms with Gasteiger partial charge in [-0.3, -0.25) is 4.90 Å². The van der Waals surface area contributed by atoms with Crippen molar-refractivity contribution in [3.8, 4) is 16.9 Å². The molecule has 2 aromatic carbocycles. The molecule has 4 aromatic rings. The van der Waals surface area contributed by atoms with Gasteiger partial charge in [0.2, 0.25) is 5.95 Å². The second-order valence-electron chi connectivity index (χ2n) is 8.84. The summed E-state index contributed by atoms with van der Waals surface area (Å²) >= 11 is 1.69. The lowest BCUT2D eigenvalue weighted by molar-refractivity contribution is 0.238. The van der Waals surface area contributed by atoms with E-state index >= 15 is 0 Å². The smallest absolute Gasteiger partial charge is 0.227 e. The molecule has 5 rings (SSSR count). The second kappa shape index (κ2) is 9.89. The van der Waals surface area contributed by atoms with Crippen LogP contribution in [0.4, 0.5) is 11.6 Å². The van der Waals surface area contributed by atoms with Crippen molar-refractivity contribution in [1.29, 1.82) is 0 Å². The number of anilines is 2. The molecule has 0 aliphatic carbocycles. The van der Waals surface area contributed by atoms with E-state index in [0.29, 0.717) is 11.9 Å². The van der Waals surface area contributed by atoms with Crippen molar-refractivity contribution in [3.63, 3.8) is 0 Å². The molecule has 3 heterocycles. The zero-order valence-electron chi connectivity index (χ0n) is 19.3. The molecule has 170 valence electrons. The molecule has 0 unspecified atom stereocenters. The Balaban J connectivity index is 1.30. The summed E-state index contributed by atoms with van der Waals surface area (Å²) in [5.74, 6) is 1.94. The summed E-state index contributed by atoms with van der Waals surface area (Å²) in [6.45, 7) is 8.59. The van der Waals surface area contributed by atoms with Crippen molar-refractivity contribution in [2.45, 2.75) is 32.6 Å². The molecule has 0 radical (unpaired) electrons. The van der Waals surface area contributed by atoms with Crippen LogP contribution < -0.4 is 10.1 Å². The van der Waals surface area contributed by atoms with Crippen molar-refractivity contribution < 1.29 is 4.74 Å². The van der Waals surface area contributed by atoms with Gasteiger partial charge in [-0.05, 0) is 67.2 Å². The number of hydrogen-bond donors (Lipinski definition) is 1. The molecular weight excluding hydrogens is 428 g/mol. The molecule has 6 heteroatoms. The third-order valence-electron chi connectivity index (χ3n) is 6.17. The largest absolute Gasteiger partial charge is 0.492 e. The fourth-order valence-corrected chi connectivity index (χ4v) is 5.25. The Kier molecular flexibility index (Phi) is 6.55. The molecule has 0 amide bonds. The maximum Gasteiger partial charge on any atom is 0.227 e. The first-order chi connectivity index (χ1) is 16.2. The van der Waals surface area contributed by atoms with Crippen LogP contribution in [0.15, 0.2) is 60.1 Å². The maximum atomic E-state index is 5.92. The SMILES string of the molecule is CC(C)c1ccccc1-c1csc2cnc(Nc3ccc(OCCN4CCCC4)cc3)nc12. The molecule has 2 aromatic heterocycles. The third-order valence-corrected chi connectivity index (χ3v) is 7.08. The highest BCUT2D eigenvalue weighted by atomic mass is 32.1. The lowest BCUT2D eigenvalue weighted by Crippen LogP contribution is -2.25. The van der Waals surface area contributed by atoms with Crippen LogP contribution >= 0.6 is 11.3 Å². The number of thiophene rings is 1. The van der Waals surface area contributed by atoms with Gasteiger partial charge in [0.25, 0.3) is 0 Å². The van der Waals surface area contributed by atoms with Gasteiger partial charge in [0, 0.05) is 23.2 Å². The van der Waals surface area contributed by atoms with Crippen LogP contribution in [0.3, 0.4) is 0 Å². The predicted octanol–water partition coefficient (Wildman–Crippen LogP) is 6.70. The average Bonchev–Trinajstić information content (AvgIpc) is 3.50. The van der Waals surface area contributed by atoms with E-state index in [0.717, 1.165) is 34.8 Å². The molecule has 1 saturated heterocycles. The van der Waals surface area contributed by atoms with Crippen molar-refractivity contribution in [2.24, 2.45) is 0 Å². The summed E-state index contributed by atoms with van der Waals surface area (Å²) in [6, 6.07) is 16.6.